The zero-order valence-electron chi connectivity index (χ0n) is 18.7. The molecule has 32 heavy (non-hydrogen) atoms. The molecule has 1 aliphatic carbocycles. The Morgan fingerprint density at radius 2 is 1.75 bits per heavy atom. The zero-order valence-corrected chi connectivity index (χ0v) is 19.5. The first-order chi connectivity index (χ1) is 15.6. The summed E-state index contributed by atoms with van der Waals surface area (Å²) < 4.78 is 0. The minimum absolute atomic E-state index is 0.00544. The van der Waals surface area contributed by atoms with Crippen molar-refractivity contribution in [2.75, 3.05) is 19.0 Å². The SMILES string of the molecule is CN(C)[C@]1(c2ccccc2)CCCC2[C@H](CC1)NC(=O)N2c1csc(-c2ccccc2)n1. The maximum atomic E-state index is 13.0. The van der Waals surface area contributed by atoms with Crippen molar-refractivity contribution in [1.29, 1.82) is 0 Å². The highest BCUT2D eigenvalue weighted by atomic mass is 32.1. The summed E-state index contributed by atoms with van der Waals surface area (Å²) in [5.74, 6) is 0.779. The lowest BCUT2D eigenvalue weighted by atomic mass is 9.76. The zero-order chi connectivity index (χ0) is 22.1. The van der Waals surface area contributed by atoms with E-state index < -0.39 is 0 Å². The summed E-state index contributed by atoms with van der Waals surface area (Å²) in [6.45, 7) is 0. The van der Waals surface area contributed by atoms with E-state index in [0.29, 0.717) is 0 Å². The largest absolute Gasteiger partial charge is 0.333 e. The molecule has 1 N–H and O–H groups in total. The van der Waals surface area contributed by atoms with Crippen LogP contribution in [0.5, 0.6) is 0 Å². The maximum absolute atomic E-state index is 13.0. The van der Waals surface area contributed by atoms with Gasteiger partial charge in [-0.15, -0.1) is 11.3 Å². The average Bonchev–Trinajstić information content (AvgIpc) is 3.39. The number of hydrogen-bond donors (Lipinski definition) is 1. The molecule has 3 aromatic rings. The number of rotatable bonds is 4. The number of aromatic nitrogens is 1. The van der Waals surface area contributed by atoms with E-state index >= 15 is 0 Å². The van der Waals surface area contributed by atoms with Crippen molar-refractivity contribution < 1.29 is 4.79 Å². The third-order valence-corrected chi connectivity index (χ3v) is 8.09. The smallest absolute Gasteiger partial charge is 0.323 e. The van der Waals surface area contributed by atoms with Crippen LogP contribution in [0.15, 0.2) is 66.0 Å². The third kappa shape index (κ3) is 3.71. The van der Waals surface area contributed by atoms with Gasteiger partial charge in [-0.1, -0.05) is 60.7 Å². The van der Waals surface area contributed by atoms with Gasteiger partial charge in [0.1, 0.15) is 10.8 Å². The van der Waals surface area contributed by atoms with Crippen molar-refractivity contribution in [2.45, 2.75) is 49.7 Å². The predicted molar refractivity (Wildman–Crippen MR) is 131 cm³/mol. The molecule has 1 aromatic heterocycles. The fourth-order valence-electron chi connectivity index (χ4n) is 5.48. The number of urea groups is 1. The van der Waals surface area contributed by atoms with Crippen LogP contribution in [0, 0.1) is 0 Å². The second-order valence-corrected chi connectivity index (χ2v) is 9.95. The second kappa shape index (κ2) is 8.68. The molecule has 2 aromatic carbocycles. The van der Waals surface area contributed by atoms with Gasteiger partial charge in [0.05, 0.1) is 12.1 Å². The van der Waals surface area contributed by atoms with Gasteiger partial charge in [0.2, 0.25) is 0 Å². The van der Waals surface area contributed by atoms with Gasteiger partial charge >= 0.3 is 6.03 Å². The lowest BCUT2D eigenvalue weighted by Crippen LogP contribution is -2.46. The molecule has 1 saturated heterocycles. The number of hydrogen-bond acceptors (Lipinski definition) is 4. The van der Waals surface area contributed by atoms with E-state index in [1.54, 1.807) is 11.3 Å². The Labute approximate surface area is 194 Å². The standard InChI is InChI=1S/C26H30N4OS/c1-29(2)26(20-12-7-4-8-13-20)16-9-14-22-21(15-17-26)27-25(31)30(22)23-18-32-24(28-23)19-10-5-3-6-11-19/h3-8,10-13,18,21-22H,9,14-17H2,1-2H3,(H,27,31)/t21-,22?,26+/m0/s1. The average molecular weight is 447 g/mol. The van der Waals surface area contributed by atoms with Crippen LogP contribution in [-0.4, -0.2) is 42.1 Å². The quantitative estimate of drug-likeness (QED) is 0.576. The minimum atomic E-state index is -0.0121. The van der Waals surface area contributed by atoms with Crippen LogP contribution < -0.4 is 10.2 Å². The van der Waals surface area contributed by atoms with Gasteiger partial charge in [-0.05, 0) is 51.8 Å². The van der Waals surface area contributed by atoms with Gasteiger partial charge in [-0.2, -0.15) is 0 Å². The molecule has 0 spiro atoms. The molecule has 3 atom stereocenters. The molecular weight excluding hydrogens is 416 g/mol. The van der Waals surface area contributed by atoms with Gasteiger partial charge in [-0.3, -0.25) is 9.80 Å². The van der Waals surface area contributed by atoms with Crippen LogP contribution >= 0.6 is 11.3 Å². The Morgan fingerprint density at radius 3 is 2.47 bits per heavy atom. The number of carbonyl (C=O) groups excluding carboxylic acids is 1. The van der Waals surface area contributed by atoms with E-state index in [2.05, 4.69) is 66.8 Å². The lowest BCUT2D eigenvalue weighted by Gasteiger charge is -2.43. The molecular formula is C26H30N4OS. The van der Waals surface area contributed by atoms with Crippen LogP contribution in [0.25, 0.3) is 10.6 Å². The van der Waals surface area contributed by atoms with Crippen LogP contribution in [0.1, 0.15) is 37.7 Å². The van der Waals surface area contributed by atoms with Crippen LogP contribution in [0.3, 0.4) is 0 Å². The molecule has 0 radical (unpaired) electrons. The fraction of sp³-hybridized carbons (Fsp3) is 0.385. The minimum Gasteiger partial charge on any atom is -0.333 e. The summed E-state index contributed by atoms with van der Waals surface area (Å²) in [4.78, 5) is 22.2. The monoisotopic (exact) mass is 446 g/mol. The molecule has 2 amide bonds. The molecule has 2 fully saturated rings. The van der Waals surface area contributed by atoms with Gasteiger partial charge < -0.3 is 5.32 Å². The molecule has 0 bridgehead atoms. The first kappa shape index (κ1) is 21.2. The number of carbonyl (C=O) groups is 1. The Morgan fingerprint density at radius 1 is 1.03 bits per heavy atom. The van der Waals surface area contributed by atoms with Crippen molar-refractivity contribution >= 4 is 23.2 Å². The molecule has 1 unspecified atom stereocenters. The second-order valence-electron chi connectivity index (χ2n) is 9.09. The van der Waals surface area contributed by atoms with Crippen molar-refractivity contribution in [2.24, 2.45) is 0 Å². The number of amides is 2. The highest BCUT2D eigenvalue weighted by Crippen LogP contribution is 2.42. The molecule has 1 aliphatic heterocycles. The summed E-state index contributed by atoms with van der Waals surface area (Å²) in [6.07, 6.45) is 5.10. The summed E-state index contributed by atoms with van der Waals surface area (Å²) in [5.41, 5.74) is 2.47. The Hall–Kier alpha value is -2.70. The van der Waals surface area contributed by atoms with E-state index in [4.69, 9.17) is 4.98 Å². The van der Waals surface area contributed by atoms with Gasteiger partial charge in [0.25, 0.3) is 0 Å². The molecule has 5 rings (SSSR count). The third-order valence-electron chi connectivity index (χ3n) is 7.21. The van der Waals surface area contributed by atoms with Crippen molar-refractivity contribution in [3.63, 3.8) is 0 Å². The molecule has 1 saturated carbocycles. The van der Waals surface area contributed by atoms with E-state index in [1.807, 2.05) is 28.5 Å². The van der Waals surface area contributed by atoms with E-state index in [0.717, 1.165) is 48.5 Å². The molecule has 2 heterocycles. The Bertz CT molecular complexity index is 1070. The van der Waals surface area contributed by atoms with Gasteiger partial charge in [0, 0.05) is 16.5 Å². The van der Waals surface area contributed by atoms with Gasteiger partial charge in [-0.25, -0.2) is 9.78 Å². The molecule has 6 heteroatoms. The fourth-order valence-corrected chi connectivity index (χ4v) is 6.28. The molecule has 2 aliphatic rings. The van der Waals surface area contributed by atoms with Crippen LogP contribution in [0.2, 0.25) is 0 Å². The topological polar surface area (TPSA) is 48.5 Å². The first-order valence-corrected chi connectivity index (χ1v) is 12.3. The number of anilines is 1. The molecule has 5 nitrogen and oxygen atoms in total. The van der Waals surface area contributed by atoms with Crippen molar-refractivity contribution in [3.8, 4) is 10.6 Å². The van der Waals surface area contributed by atoms with Crippen LogP contribution in [0.4, 0.5) is 10.6 Å². The normalized spacial score (nSPS) is 25.8. The number of thiazole rings is 1. The summed E-state index contributed by atoms with van der Waals surface area (Å²) in [6, 6.07) is 21.3. The highest BCUT2D eigenvalue weighted by Gasteiger charge is 2.45. The number of fused-ring (bicyclic) bond motifs is 1. The number of nitrogens with zero attached hydrogens (tertiary/aromatic N) is 3. The number of nitrogens with one attached hydrogen (secondary N) is 1. The highest BCUT2D eigenvalue weighted by molar-refractivity contribution is 7.13. The first-order valence-electron chi connectivity index (χ1n) is 11.4. The number of benzene rings is 2. The van der Waals surface area contributed by atoms with Crippen LogP contribution in [-0.2, 0) is 5.54 Å². The summed E-state index contributed by atoms with van der Waals surface area (Å²) in [7, 11) is 4.37. The van der Waals surface area contributed by atoms with Crippen molar-refractivity contribution in [3.05, 3.63) is 71.6 Å². The molecule has 166 valence electrons. The lowest BCUT2D eigenvalue weighted by molar-refractivity contribution is 0.106. The maximum Gasteiger partial charge on any atom is 0.323 e. The van der Waals surface area contributed by atoms with E-state index in [9.17, 15) is 4.79 Å². The summed E-state index contributed by atoms with van der Waals surface area (Å²) in [5, 5.41) is 6.26. The predicted octanol–water partition coefficient (Wildman–Crippen LogP) is 5.50. The van der Waals surface area contributed by atoms with Crippen molar-refractivity contribution in [1.82, 2.24) is 15.2 Å². The van der Waals surface area contributed by atoms with E-state index in [1.165, 1.54) is 5.56 Å². The Kier molecular flexibility index (Phi) is 5.74. The summed E-state index contributed by atoms with van der Waals surface area (Å²) >= 11 is 1.60. The van der Waals surface area contributed by atoms with E-state index in [-0.39, 0.29) is 23.7 Å². The Balaban J connectivity index is 1.39. The van der Waals surface area contributed by atoms with Gasteiger partial charge in [0.15, 0.2) is 0 Å².